The summed E-state index contributed by atoms with van der Waals surface area (Å²) in [6.45, 7) is 0.180. The third kappa shape index (κ3) is 5.13. The third-order valence-electron chi connectivity index (χ3n) is 3.08. The number of amides is 2. The van der Waals surface area contributed by atoms with Crippen LogP contribution in [0.4, 0.5) is 0 Å². The topological polar surface area (TPSA) is 111 Å². The van der Waals surface area contributed by atoms with Gasteiger partial charge in [-0.1, -0.05) is 18.2 Å². The number of hydrogen-bond acceptors (Lipinski definition) is 5. The molecule has 0 radical (unpaired) electrons. The normalized spacial score (nSPS) is 10.5. The predicted octanol–water partition coefficient (Wildman–Crippen LogP) is 1.37. The van der Waals surface area contributed by atoms with Gasteiger partial charge in [-0.25, -0.2) is 5.43 Å². The minimum atomic E-state index is -0.377. The van der Waals surface area contributed by atoms with Crippen LogP contribution in [0.5, 0.6) is 11.5 Å². The first-order valence-electron chi connectivity index (χ1n) is 7.23. The number of phenols is 2. The maximum Gasteiger partial charge on any atom is 0.251 e. The zero-order valence-electron chi connectivity index (χ0n) is 12.8. The third-order valence-corrected chi connectivity index (χ3v) is 3.08. The molecule has 0 heterocycles. The average Bonchev–Trinajstić information content (AvgIpc) is 2.57. The summed E-state index contributed by atoms with van der Waals surface area (Å²) in [4.78, 5) is 23.4. The highest BCUT2D eigenvalue weighted by Crippen LogP contribution is 2.20. The van der Waals surface area contributed by atoms with Gasteiger partial charge in [0, 0.05) is 30.2 Å². The molecule has 7 heteroatoms. The van der Waals surface area contributed by atoms with Crippen LogP contribution in [0.1, 0.15) is 22.3 Å². The van der Waals surface area contributed by atoms with Gasteiger partial charge in [0.25, 0.3) is 5.91 Å². The number of carbonyl (C=O) groups excluding carboxylic acids is 2. The van der Waals surface area contributed by atoms with Crippen molar-refractivity contribution in [1.29, 1.82) is 0 Å². The van der Waals surface area contributed by atoms with E-state index in [0.717, 1.165) is 0 Å². The lowest BCUT2D eigenvalue weighted by Crippen LogP contribution is -2.28. The molecule has 0 aliphatic carbocycles. The van der Waals surface area contributed by atoms with Gasteiger partial charge in [0.1, 0.15) is 11.5 Å². The number of nitrogens with one attached hydrogen (secondary N) is 2. The molecule has 0 bridgehead atoms. The van der Waals surface area contributed by atoms with Crippen molar-refractivity contribution in [2.75, 3.05) is 6.54 Å². The second-order valence-electron chi connectivity index (χ2n) is 4.91. The van der Waals surface area contributed by atoms with E-state index >= 15 is 0 Å². The summed E-state index contributed by atoms with van der Waals surface area (Å²) in [5.41, 5.74) is 3.17. The van der Waals surface area contributed by atoms with Gasteiger partial charge in [-0.3, -0.25) is 9.59 Å². The van der Waals surface area contributed by atoms with E-state index in [1.807, 2.05) is 6.07 Å². The molecule has 2 aromatic rings. The molecule has 124 valence electrons. The van der Waals surface area contributed by atoms with Crippen molar-refractivity contribution in [3.63, 3.8) is 0 Å². The molecule has 2 rings (SSSR count). The number of hydrogen-bond donors (Lipinski definition) is 4. The molecule has 0 atom stereocenters. The van der Waals surface area contributed by atoms with Gasteiger partial charge in [0.15, 0.2) is 0 Å². The van der Waals surface area contributed by atoms with Crippen LogP contribution in [0.25, 0.3) is 0 Å². The Balaban J connectivity index is 1.73. The summed E-state index contributed by atoms with van der Waals surface area (Å²) in [6, 6.07) is 12.7. The molecule has 2 amide bonds. The van der Waals surface area contributed by atoms with Gasteiger partial charge in [0.05, 0.1) is 6.21 Å². The molecule has 0 aliphatic heterocycles. The molecule has 0 saturated heterocycles. The quantitative estimate of drug-likeness (QED) is 0.474. The Morgan fingerprint density at radius 2 is 1.83 bits per heavy atom. The Hall–Kier alpha value is -3.35. The molecule has 0 aliphatic rings. The van der Waals surface area contributed by atoms with Crippen LogP contribution in [-0.2, 0) is 4.79 Å². The molecule has 2 aromatic carbocycles. The van der Waals surface area contributed by atoms with Crippen LogP contribution in [-0.4, -0.2) is 34.8 Å². The van der Waals surface area contributed by atoms with Crippen LogP contribution in [0.15, 0.2) is 53.6 Å². The molecule has 0 fully saturated rings. The summed E-state index contributed by atoms with van der Waals surface area (Å²) >= 11 is 0. The van der Waals surface area contributed by atoms with Crippen molar-refractivity contribution in [3.8, 4) is 11.5 Å². The number of phenolic OH excluding ortho intramolecular Hbond substituents is 2. The van der Waals surface area contributed by atoms with Gasteiger partial charge >= 0.3 is 0 Å². The van der Waals surface area contributed by atoms with Crippen molar-refractivity contribution in [2.24, 2.45) is 5.10 Å². The maximum absolute atomic E-state index is 11.8. The summed E-state index contributed by atoms with van der Waals surface area (Å²) in [5.74, 6) is -0.843. The number of benzene rings is 2. The molecule has 0 aromatic heterocycles. The van der Waals surface area contributed by atoms with Gasteiger partial charge in [-0.15, -0.1) is 0 Å². The molecule has 7 nitrogen and oxygen atoms in total. The fraction of sp³-hybridized carbons (Fsp3) is 0.118. The number of aromatic hydroxyl groups is 2. The van der Waals surface area contributed by atoms with Gasteiger partial charge in [-0.2, -0.15) is 5.10 Å². The Bertz CT molecular complexity index is 745. The lowest BCUT2D eigenvalue weighted by molar-refractivity contribution is -0.120. The fourth-order valence-corrected chi connectivity index (χ4v) is 1.85. The van der Waals surface area contributed by atoms with Gasteiger partial charge in [-0.05, 0) is 24.3 Å². The second-order valence-corrected chi connectivity index (χ2v) is 4.91. The lowest BCUT2D eigenvalue weighted by atomic mass is 10.2. The zero-order chi connectivity index (χ0) is 17.4. The highest BCUT2D eigenvalue weighted by Gasteiger charge is 2.05. The van der Waals surface area contributed by atoms with Crippen molar-refractivity contribution in [2.45, 2.75) is 6.42 Å². The molecule has 0 saturated carbocycles. The number of hydrazone groups is 1. The van der Waals surface area contributed by atoms with Gasteiger partial charge in [0.2, 0.25) is 5.91 Å². The van der Waals surface area contributed by atoms with Crippen LogP contribution < -0.4 is 10.7 Å². The monoisotopic (exact) mass is 327 g/mol. The van der Waals surface area contributed by atoms with E-state index in [1.165, 1.54) is 24.4 Å². The zero-order valence-corrected chi connectivity index (χ0v) is 12.8. The number of nitrogens with zero attached hydrogens (tertiary/aromatic N) is 1. The Labute approximate surface area is 138 Å². The van der Waals surface area contributed by atoms with E-state index in [0.29, 0.717) is 11.1 Å². The molecule has 0 spiro atoms. The molecular formula is C17H17N3O4. The summed E-state index contributed by atoms with van der Waals surface area (Å²) in [6.07, 6.45) is 1.33. The van der Waals surface area contributed by atoms with Crippen LogP contribution >= 0.6 is 0 Å². The SMILES string of the molecule is O=C(CCNC(=O)c1ccccc1)N/N=C\c1ccc(O)cc1O. The van der Waals surface area contributed by atoms with E-state index < -0.39 is 0 Å². The smallest absolute Gasteiger partial charge is 0.251 e. The van der Waals surface area contributed by atoms with E-state index in [2.05, 4.69) is 15.8 Å². The number of rotatable bonds is 6. The van der Waals surface area contributed by atoms with E-state index in [4.69, 9.17) is 5.11 Å². The standard InChI is InChI=1S/C17H17N3O4/c21-14-7-6-13(15(22)10-14)11-19-20-16(23)8-9-18-17(24)12-4-2-1-3-5-12/h1-7,10-11,21-22H,8-9H2,(H,18,24)(H,20,23)/b19-11-. The maximum atomic E-state index is 11.8. The highest BCUT2D eigenvalue weighted by molar-refractivity contribution is 5.94. The average molecular weight is 327 g/mol. The van der Waals surface area contributed by atoms with Gasteiger partial charge < -0.3 is 15.5 Å². The first kappa shape index (κ1) is 17.0. The predicted molar refractivity (Wildman–Crippen MR) is 88.9 cm³/mol. The molecule has 0 unspecified atom stereocenters. The summed E-state index contributed by atoms with van der Waals surface area (Å²) in [7, 11) is 0. The van der Waals surface area contributed by atoms with E-state index in [-0.39, 0.29) is 36.3 Å². The van der Waals surface area contributed by atoms with Crippen molar-refractivity contribution in [1.82, 2.24) is 10.7 Å². The molecular weight excluding hydrogens is 310 g/mol. The number of carbonyl (C=O) groups is 2. The first-order chi connectivity index (χ1) is 11.6. The van der Waals surface area contributed by atoms with Crippen molar-refractivity contribution >= 4 is 18.0 Å². The Morgan fingerprint density at radius 1 is 1.08 bits per heavy atom. The van der Waals surface area contributed by atoms with Crippen molar-refractivity contribution in [3.05, 3.63) is 59.7 Å². The Kier molecular flexibility index (Phi) is 5.90. The first-order valence-corrected chi connectivity index (χ1v) is 7.23. The van der Waals surface area contributed by atoms with Crippen LogP contribution in [0, 0.1) is 0 Å². The molecule has 4 N–H and O–H groups in total. The largest absolute Gasteiger partial charge is 0.508 e. The summed E-state index contributed by atoms with van der Waals surface area (Å²) in [5, 5.41) is 25.1. The minimum absolute atomic E-state index is 0.0668. The molecule has 24 heavy (non-hydrogen) atoms. The lowest BCUT2D eigenvalue weighted by Gasteiger charge is -2.04. The second kappa shape index (κ2) is 8.33. The highest BCUT2D eigenvalue weighted by atomic mass is 16.3. The fourth-order valence-electron chi connectivity index (χ4n) is 1.85. The van der Waals surface area contributed by atoms with Crippen LogP contribution in [0.2, 0.25) is 0 Å². The van der Waals surface area contributed by atoms with Crippen LogP contribution in [0.3, 0.4) is 0 Å². The minimum Gasteiger partial charge on any atom is -0.508 e. The Morgan fingerprint density at radius 3 is 2.54 bits per heavy atom. The van der Waals surface area contributed by atoms with Crippen molar-refractivity contribution < 1.29 is 19.8 Å². The van der Waals surface area contributed by atoms with E-state index in [9.17, 15) is 14.7 Å². The van der Waals surface area contributed by atoms with E-state index in [1.54, 1.807) is 24.3 Å². The summed E-state index contributed by atoms with van der Waals surface area (Å²) < 4.78 is 0.